The van der Waals surface area contributed by atoms with E-state index in [4.69, 9.17) is 5.11 Å². The Hall–Kier alpha value is -1.26. The van der Waals surface area contributed by atoms with Gasteiger partial charge >= 0.3 is 0 Å². The van der Waals surface area contributed by atoms with Crippen molar-refractivity contribution in [1.29, 1.82) is 0 Å². The maximum Gasteiger partial charge on any atom is 0.121 e. The Bertz CT molecular complexity index is 489. The Morgan fingerprint density at radius 1 is 0.778 bits per heavy atom. The molecule has 4 nitrogen and oxygen atoms in total. The molecule has 27 heavy (non-hydrogen) atoms. The summed E-state index contributed by atoms with van der Waals surface area (Å²) in [5, 5.41) is 38.4. The van der Waals surface area contributed by atoms with Crippen molar-refractivity contribution >= 4 is 0 Å². The summed E-state index contributed by atoms with van der Waals surface area (Å²) in [5.74, 6) is 0.501. The Balaban J connectivity index is 2.01. The second kappa shape index (κ2) is 14.8. The first-order chi connectivity index (χ1) is 13.0. The zero-order valence-electron chi connectivity index (χ0n) is 17.1. The Morgan fingerprint density at radius 2 is 1.30 bits per heavy atom. The normalized spacial score (nSPS) is 13.6. The quantitative estimate of drug-likeness (QED) is 0.215. The first kappa shape index (κ1) is 23.8. The number of hydrogen-bond acceptors (Lipinski definition) is 4. The second-order valence-corrected chi connectivity index (χ2v) is 8.00. The lowest BCUT2D eigenvalue weighted by atomic mass is 9.93. The molecule has 4 heteroatoms. The van der Waals surface area contributed by atoms with Gasteiger partial charge in [-0.2, -0.15) is 0 Å². The molecule has 1 aromatic carbocycles. The van der Waals surface area contributed by atoms with Gasteiger partial charge in [0.05, 0.1) is 6.10 Å². The summed E-state index contributed by atoms with van der Waals surface area (Å²) in [4.78, 5) is 0. The maximum absolute atomic E-state index is 10.3. The molecule has 0 saturated heterocycles. The van der Waals surface area contributed by atoms with Crippen molar-refractivity contribution in [3.05, 3.63) is 23.8 Å². The van der Waals surface area contributed by atoms with Crippen molar-refractivity contribution in [1.82, 2.24) is 0 Å². The minimum absolute atomic E-state index is 0.0425. The fraction of sp³-hybridized carbons (Fsp3) is 0.739. The number of phenolic OH excluding ortho intramolecular Hbond substituents is 2. The molecule has 0 fully saturated rings. The summed E-state index contributed by atoms with van der Waals surface area (Å²) in [6.07, 6.45) is 14.6. The molecule has 1 aromatic rings. The van der Waals surface area contributed by atoms with Crippen LogP contribution >= 0.6 is 0 Å². The zero-order chi connectivity index (χ0) is 19.9. The Labute approximate surface area is 165 Å². The van der Waals surface area contributed by atoms with E-state index in [0.29, 0.717) is 24.5 Å². The predicted octanol–water partition coefficient (Wildman–Crippen LogP) is 5.83. The van der Waals surface area contributed by atoms with Crippen LogP contribution in [0.1, 0.15) is 102 Å². The molecule has 0 aliphatic rings. The number of aliphatic hydroxyl groups excluding tert-OH is 2. The minimum Gasteiger partial charge on any atom is -0.508 e. The van der Waals surface area contributed by atoms with Crippen molar-refractivity contribution in [3.8, 4) is 11.5 Å². The van der Waals surface area contributed by atoms with E-state index in [2.05, 4.69) is 6.92 Å². The van der Waals surface area contributed by atoms with Gasteiger partial charge in [0.25, 0.3) is 0 Å². The van der Waals surface area contributed by atoms with Crippen LogP contribution in [-0.2, 0) is 0 Å². The van der Waals surface area contributed by atoms with Crippen LogP contribution in [0.15, 0.2) is 18.2 Å². The molecule has 1 rings (SSSR count). The van der Waals surface area contributed by atoms with Crippen LogP contribution in [0, 0.1) is 5.92 Å². The SMILES string of the molecule is CC(CCCCCCCCCCCCCO)CC(O)c1cc(O)ccc1O. The van der Waals surface area contributed by atoms with E-state index in [-0.39, 0.29) is 11.5 Å². The lowest BCUT2D eigenvalue weighted by Crippen LogP contribution is -2.05. The Kier molecular flexibility index (Phi) is 13.0. The molecule has 0 aliphatic heterocycles. The van der Waals surface area contributed by atoms with Gasteiger partial charge in [0.15, 0.2) is 0 Å². The smallest absolute Gasteiger partial charge is 0.121 e. The van der Waals surface area contributed by atoms with Crippen LogP contribution in [0.4, 0.5) is 0 Å². The van der Waals surface area contributed by atoms with Gasteiger partial charge in [-0.15, -0.1) is 0 Å². The van der Waals surface area contributed by atoms with Gasteiger partial charge in [-0.3, -0.25) is 0 Å². The van der Waals surface area contributed by atoms with Gasteiger partial charge < -0.3 is 20.4 Å². The summed E-state index contributed by atoms with van der Waals surface area (Å²) in [7, 11) is 0. The van der Waals surface area contributed by atoms with Gasteiger partial charge in [0, 0.05) is 12.2 Å². The fourth-order valence-corrected chi connectivity index (χ4v) is 3.63. The number of hydrogen-bond donors (Lipinski definition) is 4. The van der Waals surface area contributed by atoms with Crippen LogP contribution in [0.3, 0.4) is 0 Å². The minimum atomic E-state index is -0.732. The topological polar surface area (TPSA) is 80.9 Å². The van der Waals surface area contributed by atoms with E-state index < -0.39 is 6.10 Å². The number of aliphatic hydroxyl groups is 2. The van der Waals surface area contributed by atoms with Gasteiger partial charge in [0.1, 0.15) is 11.5 Å². The molecule has 0 heterocycles. The highest BCUT2D eigenvalue weighted by Gasteiger charge is 2.16. The molecule has 2 unspecified atom stereocenters. The standard InChI is InChI=1S/C23H40O4/c1-19(17-23(27)21-18-20(25)14-15-22(21)26)13-11-9-7-5-3-2-4-6-8-10-12-16-24/h14-15,18-19,23-27H,2-13,16-17H2,1H3. The highest BCUT2D eigenvalue weighted by atomic mass is 16.3. The maximum atomic E-state index is 10.3. The first-order valence-corrected chi connectivity index (χ1v) is 10.9. The third-order valence-electron chi connectivity index (χ3n) is 5.35. The van der Waals surface area contributed by atoms with E-state index in [1.54, 1.807) is 0 Å². The molecule has 0 saturated carbocycles. The molecule has 0 amide bonds. The first-order valence-electron chi connectivity index (χ1n) is 10.9. The van der Waals surface area contributed by atoms with Gasteiger partial charge in [0.2, 0.25) is 0 Å². The summed E-state index contributed by atoms with van der Waals surface area (Å²) >= 11 is 0. The van der Waals surface area contributed by atoms with Gasteiger partial charge in [-0.05, 0) is 37.0 Å². The molecule has 0 radical (unpaired) electrons. The monoisotopic (exact) mass is 380 g/mol. The molecule has 0 bridgehead atoms. The Morgan fingerprint density at radius 3 is 1.85 bits per heavy atom. The summed E-state index contributed by atoms with van der Waals surface area (Å²) in [5.41, 5.74) is 0.415. The lowest BCUT2D eigenvalue weighted by molar-refractivity contribution is 0.141. The van der Waals surface area contributed by atoms with Crippen LogP contribution in [-0.4, -0.2) is 27.0 Å². The van der Waals surface area contributed by atoms with Crippen molar-refractivity contribution < 1.29 is 20.4 Å². The van der Waals surface area contributed by atoms with Crippen LogP contribution < -0.4 is 0 Å². The van der Waals surface area contributed by atoms with E-state index in [1.807, 2.05) is 0 Å². The summed E-state index contributed by atoms with van der Waals surface area (Å²) in [6.45, 7) is 2.47. The summed E-state index contributed by atoms with van der Waals surface area (Å²) < 4.78 is 0. The van der Waals surface area contributed by atoms with Crippen molar-refractivity contribution in [2.75, 3.05) is 6.61 Å². The predicted molar refractivity (Wildman–Crippen MR) is 111 cm³/mol. The third-order valence-corrected chi connectivity index (χ3v) is 5.35. The molecule has 0 aromatic heterocycles. The van der Waals surface area contributed by atoms with E-state index >= 15 is 0 Å². The van der Waals surface area contributed by atoms with Crippen molar-refractivity contribution in [2.24, 2.45) is 5.92 Å². The lowest BCUT2D eigenvalue weighted by Gasteiger charge is -2.18. The molecule has 2 atom stereocenters. The number of aromatic hydroxyl groups is 2. The molecular formula is C23H40O4. The highest BCUT2D eigenvalue weighted by Crippen LogP contribution is 2.32. The second-order valence-electron chi connectivity index (χ2n) is 8.00. The van der Waals surface area contributed by atoms with Crippen LogP contribution in [0.2, 0.25) is 0 Å². The number of unbranched alkanes of at least 4 members (excludes halogenated alkanes) is 10. The third kappa shape index (κ3) is 11.2. The van der Waals surface area contributed by atoms with Crippen LogP contribution in [0.25, 0.3) is 0 Å². The fourth-order valence-electron chi connectivity index (χ4n) is 3.63. The molecule has 0 aliphatic carbocycles. The molecule has 4 N–H and O–H groups in total. The average Bonchev–Trinajstić information content (AvgIpc) is 2.64. The number of phenols is 2. The molecule has 0 spiro atoms. The summed E-state index contributed by atoms with van der Waals surface area (Å²) in [6, 6.07) is 4.29. The van der Waals surface area contributed by atoms with E-state index in [1.165, 1.54) is 76.0 Å². The van der Waals surface area contributed by atoms with Crippen molar-refractivity contribution in [3.63, 3.8) is 0 Å². The van der Waals surface area contributed by atoms with Crippen LogP contribution in [0.5, 0.6) is 11.5 Å². The molecule has 156 valence electrons. The van der Waals surface area contributed by atoms with E-state index in [9.17, 15) is 15.3 Å². The highest BCUT2D eigenvalue weighted by molar-refractivity contribution is 5.39. The molecular weight excluding hydrogens is 340 g/mol. The largest absolute Gasteiger partial charge is 0.508 e. The zero-order valence-corrected chi connectivity index (χ0v) is 17.1. The number of rotatable bonds is 16. The van der Waals surface area contributed by atoms with Gasteiger partial charge in [-0.25, -0.2) is 0 Å². The number of benzene rings is 1. The van der Waals surface area contributed by atoms with Crippen molar-refractivity contribution in [2.45, 2.75) is 96.5 Å². The van der Waals surface area contributed by atoms with Gasteiger partial charge in [-0.1, -0.05) is 77.6 Å². The van der Waals surface area contributed by atoms with E-state index in [0.717, 1.165) is 19.3 Å². The average molecular weight is 381 g/mol.